The van der Waals surface area contributed by atoms with E-state index in [9.17, 15) is 19.3 Å². The number of amides is 1. The maximum atomic E-state index is 13.2. The molecule has 2 bridgehead atoms. The topological polar surface area (TPSA) is 84.3 Å². The lowest BCUT2D eigenvalue weighted by Gasteiger charge is -2.19. The van der Waals surface area contributed by atoms with Gasteiger partial charge in [-0.15, -0.1) is 0 Å². The lowest BCUT2D eigenvalue weighted by molar-refractivity contribution is -0.384. The average Bonchev–Trinajstić information content (AvgIpc) is 3.00. The Bertz CT molecular complexity index is 578. The third-order valence-electron chi connectivity index (χ3n) is 4.05. The van der Waals surface area contributed by atoms with Crippen molar-refractivity contribution in [3.63, 3.8) is 0 Å². The van der Waals surface area contributed by atoms with E-state index in [1.807, 2.05) is 0 Å². The van der Waals surface area contributed by atoms with E-state index in [-0.39, 0.29) is 29.2 Å². The van der Waals surface area contributed by atoms with Crippen molar-refractivity contribution in [2.75, 3.05) is 5.32 Å². The summed E-state index contributed by atoms with van der Waals surface area (Å²) >= 11 is 0. The Morgan fingerprint density at radius 1 is 1.45 bits per heavy atom. The van der Waals surface area contributed by atoms with E-state index in [2.05, 4.69) is 10.6 Å². The van der Waals surface area contributed by atoms with Crippen LogP contribution in [0, 0.1) is 21.8 Å². The molecule has 0 saturated carbocycles. The Kier molecular flexibility index (Phi) is 3.13. The van der Waals surface area contributed by atoms with Crippen molar-refractivity contribution in [2.24, 2.45) is 5.92 Å². The number of fused-ring (bicyclic) bond motifs is 2. The van der Waals surface area contributed by atoms with Gasteiger partial charge < -0.3 is 10.6 Å². The van der Waals surface area contributed by atoms with Crippen molar-refractivity contribution in [1.29, 1.82) is 0 Å². The van der Waals surface area contributed by atoms with Crippen LogP contribution >= 0.6 is 0 Å². The summed E-state index contributed by atoms with van der Waals surface area (Å²) in [5.74, 6) is -1.09. The van der Waals surface area contributed by atoms with E-state index in [0.29, 0.717) is 6.04 Å². The Hall–Kier alpha value is -2.02. The first-order valence-electron chi connectivity index (χ1n) is 6.55. The lowest BCUT2D eigenvalue weighted by Crippen LogP contribution is -2.33. The van der Waals surface area contributed by atoms with Crippen LogP contribution in [0.4, 0.5) is 15.8 Å². The number of nitrogens with zero attached hydrogens (tertiary/aromatic N) is 1. The monoisotopic (exact) mass is 279 g/mol. The Balaban J connectivity index is 1.79. The van der Waals surface area contributed by atoms with Gasteiger partial charge in [-0.25, -0.2) is 4.39 Å². The summed E-state index contributed by atoms with van der Waals surface area (Å²) in [4.78, 5) is 22.4. The summed E-state index contributed by atoms with van der Waals surface area (Å²) in [5.41, 5.74) is -0.376. The van der Waals surface area contributed by atoms with Crippen LogP contribution in [0.5, 0.6) is 0 Å². The van der Waals surface area contributed by atoms with Crippen LogP contribution in [0.25, 0.3) is 0 Å². The van der Waals surface area contributed by atoms with Gasteiger partial charge in [-0.3, -0.25) is 14.9 Å². The Labute approximate surface area is 114 Å². The van der Waals surface area contributed by atoms with Crippen LogP contribution in [0.1, 0.15) is 19.3 Å². The molecule has 2 aliphatic heterocycles. The molecule has 2 aliphatic rings. The molecule has 0 aromatic heterocycles. The fraction of sp³-hybridized carbons (Fsp3) is 0.462. The molecular weight excluding hydrogens is 265 g/mol. The normalized spacial score (nSPS) is 27.6. The summed E-state index contributed by atoms with van der Waals surface area (Å²) < 4.78 is 13.2. The van der Waals surface area contributed by atoms with Gasteiger partial charge in [0.25, 0.3) is 5.69 Å². The van der Waals surface area contributed by atoms with Gasteiger partial charge in [0, 0.05) is 24.2 Å². The predicted molar refractivity (Wildman–Crippen MR) is 69.7 cm³/mol. The molecule has 1 aromatic carbocycles. The first-order chi connectivity index (χ1) is 9.54. The number of hydrogen-bond acceptors (Lipinski definition) is 4. The molecule has 2 saturated heterocycles. The van der Waals surface area contributed by atoms with E-state index in [1.165, 1.54) is 0 Å². The van der Waals surface area contributed by atoms with Crippen molar-refractivity contribution in [3.8, 4) is 0 Å². The average molecular weight is 279 g/mol. The van der Waals surface area contributed by atoms with Crippen molar-refractivity contribution in [1.82, 2.24) is 5.32 Å². The second-order valence-electron chi connectivity index (χ2n) is 5.30. The van der Waals surface area contributed by atoms with Gasteiger partial charge in [0.1, 0.15) is 11.5 Å². The molecule has 3 unspecified atom stereocenters. The van der Waals surface area contributed by atoms with Gasteiger partial charge in [-0.05, 0) is 25.3 Å². The van der Waals surface area contributed by atoms with E-state index >= 15 is 0 Å². The largest absolute Gasteiger partial charge is 0.320 e. The molecule has 20 heavy (non-hydrogen) atoms. The minimum absolute atomic E-state index is 0.0808. The zero-order valence-electron chi connectivity index (χ0n) is 10.6. The molecule has 2 fully saturated rings. The molecule has 7 heteroatoms. The van der Waals surface area contributed by atoms with Crippen molar-refractivity contribution >= 4 is 17.3 Å². The van der Waals surface area contributed by atoms with Gasteiger partial charge in [0.2, 0.25) is 5.91 Å². The van der Waals surface area contributed by atoms with Crippen molar-refractivity contribution in [3.05, 3.63) is 34.1 Å². The Morgan fingerprint density at radius 3 is 2.85 bits per heavy atom. The quantitative estimate of drug-likeness (QED) is 0.653. The summed E-state index contributed by atoms with van der Waals surface area (Å²) in [7, 11) is 0. The molecule has 1 amide bonds. The first kappa shape index (κ1) is 13.0. The van der Waals surface area contributed by atoms with Gasteiger partial charge in [-0.2, -0.15) is 0 Å². The van der Waals surface area contributed by atoms with Gasteiger partial charge in [0.15, 0.2) is 0 Å². The second-order valence-corrected chi connectivity index (χ2v) is 5.30. The number of benzene rings is 1. The molecule has 0 spiro atoms. The van der Waals surface area contributed by atoms with Gasteiger partial charge in [-0.1, -0.05) is 0 Å². The number of rotatable bonds is 3. The van der Waals surface area contributed by atoms with E-state index in [1.54, 1.807) is 0 Å². The van der Waals surface area contributed by atoms with Gasteiger partial charge >= 0.3 is 0 Å². The molecule has 3 atom stereocenters. The summed E-state index contributed by atoms with van der Waals surface area (Å²) in [6, 6.07) is 3.54. The smallest absolute Gasteiger partial charge is 0.292 e. The molecular formula is C13H14FN3O3. The van der Waals surface area contributed by atoms with Crippen molar-refractivity contribution < 1.29 is 14.1 Å². The fourth-order valence-electron chi connectivity index (χ4n) is 3.11. The molecule has 0 aliphatic carbocycles. The molecule has 1 aromatic rings. The lowest BCUT2D eigenvalue weighted by atomic mass is 9.88. The number of anilines is 1. The van der Waals surface area contributed by atoms with E-state index in [4.69, 9.17) is 0 Å². The number of nitrogens with one attached hydrogen (secondary N) is 2. The predicted octanol–water partition coefficient (Wildman–Crippen LogP) is 1.81. The number of carbonyl (C=O) groups is 1. The van der Waals surface area contributed by atoms with Gasteiger partial charge in [0.05, 0.1) is 10.8 Å². The number of hydrogen-bond donors (Lipinski definition) is 2. The molecule has 106 valence electrons. The Morgan fingerprint density at radius 2 is 2.25 bits per heavy atom. The van der Waals surface area contributed by atoms with Crippen LogP contribution in [0.15, 0.2) is 18.2 Å². The maximum absolute atomic E-state index is 13.2. The first-order valence-corrected chi connectivity index (χ1v) is 6.55. The molecule has 2 N–H and O–H groups in total. The molecule has 2 heterocycles. The van der Waals surface area contributed by atoms with E-state index < -0.39 is 10.7 Å². The highest BCUT2D eigenvalue weighted by Crippen LogP contribution is 2.34. The number of halogens is 1. The SMILES string of the molecule is O=C(Nc1cc(F)ccc1[N+](=O)[O-])C1CC2CCC1N2. The van der Waals surface area contributed by atoms with Crippen LogP contribution in [-0.4, -0.2) is 22.9 Å². The summed E-state index contributed by atoms with van der Waals surface area (Å²) in [6.45, 7) is 0. The van der Waals surface area contributed by atoms with Crippen molar-refractivity contribution in [2.45, 2.75) is 31.3 Å². The van der Waals surface area contributed by atoms with Crippen LogP contribution in [0.3, 0.4) is 0 Å². The zero-order valence-corrected chi connectivity index (χ0v) is 10.6. The fourth-order valence-corrected chi connectivity index (χ4v) is 3.11. The summed E-state index contributed by atoms with van der Waals surface area (Å²) in [6.07, 6.45) is 2.74. The molecule has 3 rings (SSSR count). The third kappa shape index (κ3) is 2.24. The van der Waals surface area contributed by atoms with E-state index in [0.717, 1.165) is 37.5 Å². The highest BCUT2D eigenvalue weighted by Gasteiger charge is 2.43. The second kappa shape index (κ2) is 4.82. The third-order valence-corrected chi connectivity index (χ3v) is 4.05. The number of nitro benzene ring substituents is 1. The maximum Gasteiger partial charge on any atom is 0.292 e. The molecule has 6 nitrogen and oxygen atoms in total. The highest BCUT2D eigenvalue weighted by atomic mass is 19.1. The number of carbonyl (C=O) groups excluding carboxylic acids is 1. The molecule has 0 radical (unpaired) electrons. The standard InChI is InChI=1S/C13H14FN3O3/c14-7-1-4-12(17(19)20)11(5-7)16-13(18)9-6-8-2-3-10(9)15-8/h1,4-5,8-10,15H,2-3,6H2,(H,16,18). The van der Waals surface area contributed by atoms with Crippen LogP contribution in [0.2, 0.25) is 0 Å². The number of nitro groups is 1. The highest BCUT2D eigenvalue weighted by molar-refractivity contribution is 5.95. The zero-order chi connectivity index (χ0) is 14.3. The van der Waals surface area contributed by atoms with Crippen LogP contribution < -0.4 is 10.6 Å². The summed E-state index contributed by atoms with van der Waals surface area (Å²) in [5, 5.41) is 16.7. The minimum atomic E-state index is -0.631. The minimum Gasteiger partial charge on any atom is -0.320 e. The van der Waals surface area contributed by atoms with Crippen LogP contribution in [-0.2, 0) is 4.79 Å².